The van der Waals surface area contributed by atoms with Gasteiger partial charge in [-0.15, -0.1) is 0 Å². The number of ether oxygens (including phenoxy) is 1. The van der Waals surface area contributed by atoms with Crippen molar-refractivity contribution in [1.29, 1.82) is 0 Å². The summed E-state index contributed by atoms with van der Waals surface area (Å²) >= 11 is 0. The molecular weight excluding hydrogens is 272 g/mol. The first-order valence-corrected chi connectivity index (χ1v) is 9.09. The lowest BCUT2D eigenvalue weighted by Gasteiger charge is -2.44. The number of methoxy groups -OCH3 is 1. The molecular formula is C19H30N2O. The lowest BCUT2D eigenvalue weighted by molar-refractivity contribution is 0.333. The van der Waals surface area contributed by atoms with Crippen LogP contribution >= 0.6 is 0 Å². The van der Waals surface area contributed by atoms with Gasteiger partial charge in [0.05, 0.1) is 18.5 Å². The molecule has 0 amide bonds. The third-order valence-electron chi connectivity index (χ3n) is 5.48. The fraction of sp³-hybridized carbons (Fsp3) is 0.737. The number of hydrogen-bond donors (Lipinski definition) is 0. The second kappa shape index (κ2) is 7.34. The van der Waals surface area contributed by atoms with Gasteiger partial charge in [-0.1, -0.05) is 38.5 Å². The Morgan fingerprint density at radius 3 is 2.00 bits per heavy atom. The first-order valence-electron chi connectivity index (χ1n) is 9.09. The highest BCUT2D eigenvalue weighted by Gasteiger charge is 2.31. The van der Waals surface area contributed by atoms with Crippen molar-refractivity contribution in [2.24, 2.45) is 0 Å². The van der Waals surface area contributed by atoms with Crippen LogP contribution in [-0.2, 0) is 0 Å². The van der Waals surface area contributed by atoms with E-state index in [1.54, 1.807) is 7.11 Å². The average Bonchev–Trinajstić information content (AvgIpc) is 2.57. The number of rotatable bonds is 4. The molecule has 0 radical (unpaired) electrons. The molecule has 3 nitrogen and oxygen atoms in total. The Labute approximate surface area is 135 Å². The molecule has 0 atom stereocenters. The summed E-state index contributed by atoms with van der Waals surface area (Å²) in [6.45, 7) is 2.06. The topological polar surface area (TPSA) is 25.4 Å². The molecule has 1 aromatic rings. The van der Waals surface area contributed by atoms with Gasteiger partial charge in [0.1, 0.15) is 0 Å². The number of aromatic nitrogens is 1. The van der Waals surface area contributed by atoms with Crippen LogP contribution in [0.15, 0.2) is 12.3 Å². The van der Waals surface area contributed by atoms with Crippen LogP contribution in [0.5, 0.6) is 5.75 Å². The quantitative estimate of drug-likeness (QED) is 0.793. The summed E-state index contributed by atoms with van der Waals surface area (Å²) in [5.74, 6) is 0.985. The summed E-state index contributed by atoms with van der Waals surface area (Å²) in [4.78, 5) is 7.16. The Balaban J connectivity index is 1.94. The van der Waals surface area contributed by atoms with Gasteiger partial charge in [0.2, 0.25) is 0 Å². The molecule has 3 heteroatoms. The van der Waals surface area contributed by atoms with E-state index in [1.165, 1.54) is 69.9 Å². The molecule has 122 valence electrons. The molecule has 2 fully saturated rings. The van der Waals surface area contributed by atoms with E-state index in [-0.39, 0.29) is 0 Å². The molecule has 1 aromatic heterocycles. The molecule has 0 N–H and O–H groups in total. The first kappa shape index (κ1) is 15.6. The van der Waals surface area contributed by atoms with Crippen LogP contribution in [0.25, 0.3) is 0 Å². The van der Waals surface area contributed by atoms with Crippen molar-refractivity contribution < 1.29 is 4.74 Å². The fourth-order valence-electron chi connectivity index (χ4n) is 4.40. The third-order valence-corrected chi connectivity index (χ3v) is 5.48. The number of anilines is 1. The van der Waals surface area contributed by atoms with Crippen LogP contribution in [0.2, 0.25) is 0 Å². The minimum atomic E-state index is 0.688. The zero-order valence-electron chi connectivity index (χ0n) is 14.2. The van der Waals surface area contributed by atoms with Crippen LogP contribution in [-0.4, -0.2) is 24.2 Å². The second-order valence-electron chi connectivity index (χ2n) is 6.94. The summed E-state index contributed by atoms with van der Waals surface area (Å²) in [5, 5.41) is 0. The first-order chi connectivity index (χ1) is 10.8. The van der Waals surface area contributed by atoms with Gasteiger partial charge in [-0.3, -0.25) is 4.98 Å². The Bertz CT molecular complexity index is 458. The lowest BCUT2D eigenvalue weighted by atomic mass is 9.88. The number of aryl methyl sites for hydroxylation is 1. The van der Waals surface area contributed by atoms with Crippen LogP contribution in [0, 0.1) is 6.92 Å². The molecule has 2 aliphatic rings. The van der Waals surface area contributed by atoms with Gasteiger partial charge in [-0.2, -0.15) is 0 Å². The zero-order valence-corrected chi connectivity index (χ0v) is 14.2. The summed E-state index contributed by atoms with van der Waals surface area (Å²) < 4.78 is 5.73. The summed E-state index contributed by atoms with van der Waals surface area (Å²) in [7, 11) is 1.79. The monoisotopic (exact) mass is 302 g/mol. The second-order valence-corrected chi connectivity index (χ2v) is 6.94. The number of nitrogens with zero attached hydrogens (tertiary/aromatic N) is 2. The standard InChI is InChI=1S/C19H30N2O/c1-15-19(22-2)18(13-14-20-15)21(16-9-5-3-6-10-16)17-11-7-4-8-12-17/h13-14,16-17H,3-12H2,1-2H3. The molecule has 2 saturated carbocycles. The van der Waals surface area contributed by atoms with Crippen molar-refractivity contribution in [3.63, 3.8) is 0 Å². The predicted octanol–water partition coefficient (Wildman–Crippen LogP) is 4.87. The Morgan fingerprint density at radius 1 is 0.955 bits per heavy atom. The maximum Gasteiger partial charge on any atom is 0.163 e. The number of hydrogen-bond acceptors (Lipinski definition) is 3. The van der Waals surface area contributed by atoms with Gasteiger partial charge < -0.3 is 9.64 Å². The molecule has 0 saturated heterocycles. The average molecular weight is 302 g/mol. The fourth-order valence-corrected chi connectivity index (χ4v) is 4.40. The molecule has 0 spiro atoms. The molecule has 22 heavy (non-hydrogen) atoms. The summed E-state index contributed by atoms with van der Waals surface area (Å²) in [6.07, 6.45) is 15.6. The largest absolute Gasteiger partial charge is 0.493 e. The Morgan fingerprint density at radius 2 is 1.50 bits per heavy atom. The molecule has 0 aromatic carbocycles. The van der Waals surface area contributed by atoms with Gasteiger partial charge in [0, 0.05) is 18.3 Å². The van der Waals surface area contributed by atoms with Crippen molar-refractivity contribution in [1.82, 2.24) is 4.98 Å². The van der Waals surface area contributed by atoms with Gasteiger partial charge in [-0.05, 0) is 38.7 Å². The molecule has 3 rings (SSSR count). The summed E-state index contributed by atoms with van der Waals surface area (Å²) in [6, 6.07) is 3.55. The van der Waals surface area contributed by atoms with Crippen LogP contribution in [0.4, 0.5) is 5.69 Å². The highest BCUT2D eigenvalue weighted by atomic mass is 16.5. The van der Waals surface area contributed by atoms with E-state index < -0.39 is 0 Å². The van der Waals surface area contributed by atoms with E-state index in [1.807, 2.05) is 6.20 Å². The van der Waals surface area contributed by atoms with E-state index >= 15 is 0 Å². The van der Waals surface area contributed by atoms with Gasteiger partial charge in [-0.25, -0.2) is 0 Å². The minimum absolute atomic E-state index is 0.688. The van der Waals surface area contributed by atoms with E-state index in [9.17, 15) is 0 Å². The van der Waals surface area contributed by atoms with Crippen LogP contribution in [0.3, 0.4) is 0 Å². The van der Waals surface area contributed by atoms with Crippen molar-refractivity contribution in [3.8, 4) is 5.75 Å². The van der Waals surface area contributed by atoms with Gasteiger partial charge >= 0.3 is 0 Å². The van der Waals surface area contributed by atoms with Crippen molar-refractivity contribution in [2.45, 2.75) is 83.2 Å². The Hall–Kier alpha value is -1.25. The Kier molecular flexibility index (Phi) is 5.22. The SMILES string of the molecule is COc1c(N(C2CCCCC2)C2CCCCC2)ccnc1C. The normalized spacial score (nSPS) is 20.8. The highest BCUT2D eigenvalue weighted by molar-refractivity contribution is 5.61. The van der Waals surface area contributed by atoms with Gasteiger partial charge in [0.25, 0.3) is 0 Å². The molecule has 1 heterocycles. The van der Waals surface area contributed by atoms with Crippen LogP contribution < -0.4 is 9.64 Å². The zero-order chi connectivity index (χ0) is 15.4. The molecule has 0 bridgehead atoms. The lowest BCUT2D eigenvalue weighted by Crippen LogP contribution is -2.45. The molecule has 0 aliphatic heterocycles. The minimum Gasteiger partial charge on any atom is -0.493 e. The van der Waals surface area contributed by atoms with Gasteiger partial charge in [0.15, 0.2) is 5.75 Å². The summed E-state index contributed by atoms with van der Waals surface area (Å²) in [5.41, 5.74) is 2.30. The van der Waals surface area contributed by atoms with Crippen molar-refractivity contribution in [2.75, 3.05) is 12.0 Å². The predicted molar refractivity (Wildman–Crippen MR) is 91.8 cm³/mol. The highest BCUT2D eigenvalue weighted by Crippen LogP contribution is 2.39. The maximum absolute atomic E-state index is 5.73. The maximum atomic E-state index is 5.73. The number of pyridine rings is 1. The van der Waals surface area contributed by atoms with E-state index in [4.69, 9.17) is 4.74 Å². The van der Waals surface area contributed by atoms with Crippen molar-refractivity contribution in [3.05, 3.63) is 18.0 Å². The van der Waals surface area contributed by atoms with E-state index in [0.717, 1.165) is 11.4 Å². The molecule has 0 unspecified atom stereocenters. The van der Waals surface area contributed by atoms with E-state index in [2.05, 4.69) is 22.9 Å². The third kappa shape index (κ3) is 3.23. The van der Waals surface area contributed by atoms with Crippen molar-refractivity contribution >= 4 is 5.69 Å². The smallest absolute Gasteiger partial charge is 0.163 e. The van der Waals surface area contributed by atoms with E-state index in [0.29, 0.717) is 12.1 Å². The van der Waals surface area contributed by atoms with Crippen LogP contribution in [0.1, 0.15) is 69.9 Å². The molecule has 2 aliphatic carbocycles.